The van der Waals surface area contributed by atoms with Gasteiger partial charge in [-0.25, -0.2) is 0 Å². The number of aliphatic carboxylic acids is 1. The van der Waals surface area contributed by atoms with Crippen molar-refractivity contribution in [2.75, 3.05) is 7.05 Å². The molecule has 1 aliphatic carbocycles. The molecule has 3 heteroatoms. The molecule has 0 unspecified atom stereocenters. The van der Waals surface area contributed by atoms with E-state index in [1.54, 1.807) is 0 Å². The van der Waals surface area contributed by atoms with E-state index in [0.717, 1.165) is 6.42 Å². The maximum Gasteiger partial charge on any atom is 0.320 e. The van der Waals surface area contributed by atoms with Crippen molar-refractivity contribution in [2.45, 2.75) is 44.2 Å². The molecule has 0 spiro atoms. The van der Waals surface area contributed by atoms with E-state index in [-0.39, 0.29) is 6.04 Å². The standard InChI is InChI=1S/C10H17NO2/c1-11-8-5-3-2-4-7(8)6-9(11)10(12)13/h7-9H,2-6H2,1H3,(H,12,13)/t7-,8-,9-/m0/s1/i10+2. The van der Waals surface area contributed by atoms with Crippen LogP contribution in [0.5, 0.6) is 0 Å². The molecule has 0 aromatic carbocycles. The summed E-state index contributed by atoms with van der Waals surface area (Å²) in [6.07, 6.45) is 5.87. The van der Waals surface area contributed by atoms with E-state index in [2.05, 4.69) is 4.90 Å². The SMILES string of the molecule is CN1[C@H]2CCCC[C@H]2C[C@H]1[14C](=O)O. The second-order valence-corrected chi connectivity index (χ2v) is 4.37. The van der Waals surface area contributed by atoms with Crippen LogP contribution < -0.4 is 0 Å². The number of nitrogens with zero attached hydrogens (tertiary/aromatic N) is 1. The van der Waals surface area contributed by atoms with Gasteiger partial charge < -0.3 is 5.11 Å². The van der Waals surface area contributed by atoms with Crippen LogP contribution in [-0.4, -0.2) is 35.1 Å². The maximum atomic E-state index is 10.9. The lowest BCUT2D eigenvalue weighted by molar-refractivity contribution is -0.142. The molecule has 0 aromatic heterocycles. The molecular formula is C10H17NO2. The molecule has 1 saturated carbocycles. The van der Waals surface area contributed by atoms with Crippen LogP contribution in [0.1, 0.15) is 32.1 Å². The van der Waals surface area contributed by atoms with Crippen molar-refractivity contribution >= 4 is 5.97 Å². The second-order valence-electron chi connectivity index (χ2n) is 4.37. The molecule has 0 amide bonds. The Morgan fingerprint density at radius 2 is 2.08 bits per heavy atom. The molecule has 0 radical (unpaired) electrons. The third kappa shape index (κ3) is 1.46. The van der Waals surface area contributed by atoms with Gasteiger partial charge in [0.05, 0.1) is 0 Å². The molecule has 2 aliphatic rings. The number of rotatable bonds is 1. The van der Waals surface area contributed by atoms with Gasteiger partial charge in [-0.1, -0.05) is 12.8 Å². The first kappa shape index (κ1) is 9.00. The van der Waals surface area contributed by atoms with Gasteiger partial charge in [0.15, 0.2) is 0 Å². The van der Waals surface area contributed by atoms with Crippen LogP contribution in [0.3, 0.4) is 0 Å². The highest BCUT2D eigenvalue weighted by Gasteiger charge is 2.42. The Kier molecular flexibility index (Phi) is 2.28. The summed E-state index contributed by atoms with van der Waals surface area (Å²) in [5.41, 5.74) is 0. The number of hydrogen-bond donors (Lipinski definition) is 1. The Morgan fingerprint density at radius 1 is 1.38 bits per heavy atom. The predicted molar refractivity (Wildman–Crippen MR) is 49.5 cm³/mol. The normalized spacial score (nSPS) is 40.2. The molecule has 13 heavy (non-hydrogen) atoms. The largest absolute Gasteiger partial charge is 0.480 e. The monoisotopic (exact) mass is 185 g/mol. The third-order valence-corrected chi connectivity index (χ3v) is 3.69. The fraction of sp³-hybridized carbons (Fsp3) is 0.900. The molecule has 0 aromatic rings. The molecule has 0 bridgehead atoms. The second kappa shape index (κ2) is 3.29. The van der Waals surface area contributed by atoms with E-state index in [1.165, 1.54) is 25.7 Å². The summed E-state index contributed by atoms with van der Waals surface area (Å²) < 4.78 is 0. The van der Waals surface area contributed by atoms with E-state index < -0.39 is 5.97 Å². The van der Waals surface area contributed by atoms with Gasteiger partial charge in [-0.2, -0.15) is 0 Å². The summed E-state index contributed by atoms with van der Waals surface area (Å²) in [7, 11) is 1.97. The van der Waals surface area contributed by atoms with Gasteiger partial charge in [-0.05, 0) is 32.2 Å². The van der Waals surface area contributed by atoms with Crippen LogP contribution in [0.4, 0.5) is 0 Å². The molecule has 1 saturated heterocycles. The molecule has 1 N–H and O–H groups in total. The minimum Gasteiger partial charge on any atom is -0.480 e. The first-order valence-electron chi connectivity index (χ1n) is 5.15. The molecule has 3 atom stereocenters. The summed E-state index contributed by atoms with van der Waals surface area (Å²) in [4.78, 5) is 13.0. The Balaban J connectivity index is 2.09. The molecule has 1 heterocycles. The number of carbonyl (C=O) groups is 1. The van der Waals surface area contributed by atoms with Crippen molar-refractivity contribution in [3.05, 3.63) is 0 Å². The molecule has 74 valence electrons. The summed E-state index contributed by atoms with van der Waals surface area (Å²) in [6.45, 7) is 0. The van der Waals surface area contributed by atoms with Crippen LogP contribution >= 0.6 is 0 Å². The van der Waals surface area contributed by atoms with Crippen molar-refractivity contribution < 1.29 is 9.90 Å². The van der Waals surface area contributed by atoms with Gasteiger partial charge in [0.1, 0.15) is 6.04 Å². The quantitative estimate of drug-likeness (QED) is 0.670. The molecule has 3 nitrogen and oxygen atoms in total. The minimum absolute atomic E-state index is 0.215. The van der Waals surface area contributed by atoms with E-state index >= 15 is 0 Å². The number of likely N-dealkylation sites (tertiary alicyclic amines) is 1. The van der Waals surface area contributed by atoms with E-state index in [1.807, 2.05) is 7.05 Å². The maximum absolute atomic E-state index is 10.9. The summed E-state index contributed by atoms with van der Waals surface area (Å²) in [5, 5.41) is 8.99. The Bertz CT molecular complexity index is 217. The van der Waals surface area contributed by atoms with E-state index in [4.69, 9.17) is 5.11 Å². The topological polar surface area (TPSA) is 40.5 Å². The zero-order chi connectivity index (χ0) is 9.42. The number of carboxylic acids is 1. The minimum atomic E-state index is -0.642. The number of fused-ring (bicyclic) bond motifs is 1. The van der Waals surface area contributed by atoms with Gasteiger partial charge in [0.25, 0.3) is 0 Å². The first-order chi connectivity index (χ1) is 6.20. The van der Waals surface area contributed by atoms with Gasteiger partial charge in [0, 0.05) is 6.04 Å². The summed E-state index contributed by atoms with van der Waals surface area (Å²) in [5.74, 6) is 0.0109. The lowest BCUT2D eigenvalue weighted by Gasteiger charge is -2.29. The number of carboxylic acid groups (broad SMARTS) is 1. The highest BCUT2D eigenvalue weighted by molar-refractivity contribution is 5.74. The van der Waals surface area contributed by atoms with Crippen LogP contribution in [0.2, 0.25) is 0 Å². The fourth-order valence-electron chi connectivity index (χ4n) is 2.96. The molecule has 2 fully saturated rings. The highest BCUT2D eigenvalue weighted by atomic mass is 16.6. The summed E-state index contributed by atoms with van der Waals surface area (Å²) in [6, 6.07) is 0.336. The summed E-state index contributed by atoms with van der Waals surface area (Å²) >= 11 is 0. The zero-order valence-corrected chi connectivity index (χ0v) is 8.07. The number of likely N-dealkylation sites (N-methyl/N-ethyl adjacent to an activating group) is 1. The van der Waals surface area contributed by atoms with Gasteiger partial charge >= 0.3 is 5.97 Å². The van der Waals surface area contributed by atoms with Gasteiger partial charge in [0.2, 0.25) is 0 Å². The molecule has 2 rings (SSSR count). The lowest BCUT2D eigenvalue weighted by atomic mass is 9.85. The van der Waals surface area contributed by atoms with E-state index in [0.29, 0.717) is 12.0 Å². The van der Waals surface area contributed by atoms with E-state index in [9.17, 15) is 4.79 Å². The molecular weight excluding hydrogens is 168 g/mol. The van der Waals surface area contributed by atoms with Gasteiger partial charge in [-0.15, -0.1) is 0 Å². The Morgan fingerprint density at radius 3 is 2.69 bits per heavy atom. The van der Waals surface area contributed by atoms with Crippen LogP contribution in [0, 0.1) is 5.92 Å². The Labute approximate surface area is 78.7 Å². The average Bonchev–Trinajstić information content (AvgIpc) is 2.45. The van der Waals surface area contributed by atoms with Gasteiger partial charge in [-0.3, -0.25) is 9.69 Å². The van der Waals surface area contributed by atoms with Crippen molar-refractivity contribution in [1.82, 2.24) is 4.90 Å². The van der Waals surface area contributed by atoms with Crippen LogP contribution in [-0.2, 0) is 4.79 Å². The molecule has 1 aliphatic heterocycles. The fourth-order valence-corrected chi connectivity index (χ4v) is 2.96. The highest BCUT2D eigenvalue weighted by Crippen LogP contribution is 2.38. The van der Waals surface area contributed by atoms with Crippen molar-refractivity contribution in [1.29, 1.82) is 0 Å². The van der Waals surface area contributed by atoms with Crippen molar-refractivity contribution in [2.24, 2.45) is 5.92 Å². The lowest BCUT2D eigenvalue weighted by Crippen LogP contribution is -2.38. The third-order valence-electron chi connectivity index (χ3n) is 3.69. The average molecular weight is 185 g/mol. The first-order valence-corrected chi connectivity index (χ1v) is 5.15. The Hall–Kier alpha value is -0.570. The number of hydrogen-bond acceptors (Lipinski definition) is 2. The smallest absolute Gasteiger partial charge is 0.320 e. The predicted octanol–water partition coefficient (Wildman–Crippen LogP) is 1.33. The zero-order valence-electron chi connectivity index (χ0n) is 8.07. The van der Waals surface area contributed by atoms with Crippen LogP contribution in [0.25, 0.3) is 0 Å². The van der Waals surface area contributed by atoms with Crippen LogP contribution in [0.15, 0.2) is 0 Å². The van der Waals surface area contributed by atoms with Crippen molar-refractivity contribution in [3.8, 4) is 0 Å². The van der Waals surface area contributed by atoms with Crippen molar-refractivity contribution in [3.63, 3.8) is 0 Å².